The first-order valence-corrected chi connectivity index (χ1v) is 13.3. The van der Waals surface area contributed by atoms with Gasteiger partial charge in [-0.05, 0) is 64.6 Å². The van der Waals surface area contributed by atoms with Crippen LogP contribution in [-0.2, 0) is 9.53 Å². The highest BCUT2D eigenvalue weighted by Gasteiger charge is 2.20. The number of aromatic amines is 1. The second kappa shape index (κ2) is 12.8. The number of hydrogen-bond acceptors (Lipinski definition) is 10. The Bertz CT molecular complexity index is 1410. The van der Waals surface area contributed by atoms with Gasteiger partial charge >= 0.3 is 0 Å². The summed E-state index contributed by atoms with van der Waals surface area (Å²) in [6.45, 7) is 12.5. The van der Waals surface area contributed by atoms with E-state index in [0.717, 1.165) is 54.3 Å². The van der Waals surface area contributed by atoms with Gasteiger partial charge in [-0.25, -0.2) is 19.9 Å². The maximum Gasteiger partial charge on any atom is 0.293 e. The third-order valence-corrected chi connectivity index (χ3v) is 6.63. The van der Waals surface area contributed by atoms with Gasteiger partial charge in [0.1, 0.15) is 17.7 Å². The van der Waals surface area contributed by atoms with Gasteiger partial charge in [0.15, 0.2) is 0 Å². The number of hydrogen-bond donors (Lipinski definition) is 2. The number of methoxy groups -OCH3 is 1. The minimum atomic E-state index is -0.318. The molecule has 2 N–H and O–H groups in total. The largest absolute Gasteiger partial charge is 0.481 e. The van der Waals surface area contributed by atoms with Gasteiger partial charge in [0.25, 0.3) is 6.47 Å². The molecular weight excluding hydrogens is 508 g/mol. The molecule has 1 atom stereocenters. The van der Waals surface area contributed by atoms with Gasteiger partial charge in [0, 0.05) is 50.0 Å². The lowest BCUT2D eigenvalue weighted by Crippen LogP contribution is -2.45. The average molecular weight is 547 g/mol. The highest BCUT2D eigenvalue weighted by molar-refractivity contribution is 5.83. The summed E-state index contributed by atoms with van der Waals surface area (Å²) in [6.07, 6.45) is 3.35. The molecule has 4 aromatic rings. The molecule has 1 saturated heterocycles. The summed E-state index contributed by atoms with van der Waals surface area (Å²) in [5.41, 5.74) is 4.45. The average Bonchev–Trinajstić information content (AvgIpc) is 3.34. The number of ether oxygens (including phenoxy) is 2. The Morgan fingerprint density at radius 1 is 1.05 bits per heavy atom. The fourth-order valence-electron chi connectivity index (χ4n) is 4.30. The number of anilines is 2. The van der Waals surface area contributed by atoms with Crippen molar-refractivity contribution in [3.63, 3.8) is 0 Å². The van der Waals surface area contributed by atoms with Crippen molar-refractivity contribution < 1.29 is 14.3 Å². The first-order valence-electron chi connectivity index (χ1n) is 13.3. The molecule has 0 spiro atoms. The van der Waals surface area contributed by atoms with Crippen LogP contribution in [0.25, 0.3) is 22.3 Å². The molecule has 0 bridgehead atoms. The number of nitrogens with one attached hydrogen (secondary N) is 2. The minimum Gasteiger partial charge on any atom is -0.481 e. The van der Waals surface area contributed by atoms with Gasteiger partial charge in [-0.3, -0.25) is 9.69 Å². The highest BCUT2D eigenvalue weighted by Crippen LogP contribution is 2.27. The van der Waals surface area contributed by atoms with Crippen molar-refractivity contribution in [1.82, 2.24) is 34.7 Å². The van der Waals surface area contributed by atoms with Gasteiger partial charge in [-0.2, -0.15) is 0 Å². The second-order valence-corrected chi connectivity index (χ2v) is 10.7. The van der Waals surface area contributed by atoms with E-state index in [9.17, 15) is 4.79 Å². The van der Waals surface area contributed by atoms with Crippen molar-refractivity contribution in [2.45, 2.75) is 39.3 Å². The van der Waals surface area contributed by atoms with Crippen LogP contribution in [0.3, 0.4) is 0 Å². The maximum absolute atomic E-state index is 9.60. The number of likely N-dealkylation sites (N-methyl/N-ethyl adjacent to an activating group) is 1. The Kier molecular flexibility index (Phi) is 9.28. The van der Waals surface area contributed by atoms with E-state index in [1.807, 2.05) is 51.2 Å². The number of carbonyl (C=O) groups is 1. The summed E-state index contributed by atoms with van der Waals surface area (Å²) >= 11 is 0. The Balaban J connectivity index is 0.000000470. The summed E-state index contributed by atoms with van der Waals surface area (Å²) < 4.78 is 9.76. The SMILES string of the molecule is CC(C)(C)OC=O.COc1cc(-c2ccc3nc(Nc4cc(C(C)N5CCN(C)CC5)ccn4)[nH]c3c2)ncn1. The molecule has 1 aromatic carbocycles. The van der Waals surface area contributed by atoms with Crippen LogP contribution in [0.5, 0.6) is 5.88 Å². The highest BCUT2D eigenvalue weighted by atomic mass is 16.5. The topological polar surface area (TPSA) is 121 Å². The van der Waals surface area contributed by atoms with Crippen molar-refractivity contribution in [2.24, 2.45) is 0 Å². The number of H-pyrrole nitrogens is 1. The zero-order valence-electron chi connectivity index (χ0n) is 24.0. The van der Waals surface area contributed by atoms with Gasteiger partial charge in [0.2, 0.25) is 11.8 Å². The van der Waals surface area contributed by atoms with Crippen LogP contribution in [0.4, 0.5) is 11.8 Å². The Morgan fingerprint density at radius 3 is 2.50 bits per heavy atom. The number of piperazine rings is 1. The second-order valence-electron chi connectivity index (χ2n) is 10.7. The van der Waals surface area contributed by atoms with E-state index in [4.69, 9.17) is 4.74 Å². The minimum absolute atomic E-state index is 0.318. The van der Waals surface area contributed by atoms with Gasteiger partial charge in [-0.15, -0.1) is 0 Å². The van der Waals surface area contributed by atoms with E-state index in [2.05, 4.69) is 70.9 Å². The van der Waals surface area contributed by atoms with Crippen molar-refractivity contribution in [3.8, 4) is 17.1 Å². The fraction of sp³-hybridized carbons (Fsp3) is 0.414. The van der Waals surface area contributed by atoms with E-state index in [0.29, 0.717) is 24.3 Å². The molecule has 0 amide bonds. The molecule has 4 heterocycles. The number of fused-ring (bicyclic) bond motifs is 1. The maximum atomic E-state index is 9.60. The molecule has 0 saturated carbocycles. The molecule has 0 aliphatic carbocycles. The van der Waals surface area contributed by atoms with Gasteiger partial charge < -0.3 is 24.7 Å². The lowest BCUT2D eigenvalue weighted by Gasteiger charge is -2.36. The van der Waals surface area contributed by atoms with E-state index in [-0.39, 0.29) is 5.60 Å². The summed E-state index contributed by atoms with van der Waals surface area (Å²) in [5, 5.41) is 3.33. The predicted molar refractivity (Wildman–Crippen MR) is 156 cm³/mol. The number of benzene rings is 1. The number of aromatic nitrogens is 5. The van der Waals surface area contributed by atoms with Crippen molar-refractivity contribution in [3.05, 3.63) is 54.5 Å². The van der Waals surface area contributed by atoms with E-state index >= 15 is 0 Å². The van der Waals surface area contributed by atoms with Gasteiger partial charge in [0.05, 0.1) is 23.8 Å². The molecule has 5 rings (SSSR count). The van der Waals surface area contributed by atoms with Crippen LogP contribution in [0.2, 0.25) is 0 Å². The Labute approximate surface area is 235 Å². The van der Waals surface area contributed by atoms with Crippen molar-refractivity contribution >= 4 is 29.3 Å². The first-order chi connectivity index (χ1) is 19.1. The molecule has 212 valence electrons. The monoisotopic (exact) mass is 546 g/mol. The van der Waals surface area contributed by atoms with Crippen LogP contribution in [0.15, 0.2) is 48.9 Å². The third kappa shape index (κ3) is 7.73. The summed E-state index contributed by atoms with van der Waals surface area (Å²) in [6, 6.07) is 12.3. The normalized spacial score (nSPS) is 15.2. The van der Waals surface area contributed by atoms with E-state index in [1.165, 1.54) is 11.9 Å². The number of nitrogens with zero attached hydrogens (tertiary/aromatic N) is 6. The van der Waals surface area contributed by atoms with Crippen LogP contribution < -0.4 is 10.1 Å². The quantitative estimate of drug-likeness (QED) is 0.322. The number of imidazole rings is 1. The standard InChI is InChI=1S/C24H28N8O.C5H10O2/c1-16(32-10-8-31(2)9-11-32)17-6-7-25-22(13-17)30-24-28-19-5-4-18(12-21(19)29-24)20-14-23(33-3)27-15-26-20;1-5(2,3)7-4-6/h4-7,12-16H,8-11H2,1-3H3,(H2,25,28,29,30);4H,1-3H3. The zero-order chi connectivity index (χ0) is 28.7. The van der Waals surface area contributed by atoms with E-state index < -0.39 is 0 Å². The number of pyridine rings is 1. The molecule has 1 fully saturated rings. The molecule has 11 heteroatoms. The molecule has 3 aromatic heterocycles. The molecule has 0 radical (unpaired) electrons. The lowest BCUT2D eigenvalue weighted by molar-refractivity contribution is -0.138. The van der Waals surface area contributed by atoms with Crippen molar-refractivity contribution in [2.75, 3.05) is 45.7 Å². The smallest absolute Gasteiger partial charge is 0.293 e. The summed E-state index contributed by atoms with van der Waals surface area (Å²) in [7, 11) is 3.77. The van der Waals surface area contributed by atoms with Crippen LogP contribution in [0, 0.1) is 0 Å². The van der Waals surface area contributed by atoms with Gasteiger partial charge in [-0.1, -0.05) is 6.07 Å². The molecule has 11 nitrogen and oxygen atoms in total. The molecule has 40 heavy (non-hydrogen) atoms. The molecular formula is C29H38N8O3. The molecule has 1 aliphatic heterocycles. The molecule has 1 unspecified atom stereocenters. The Morgan fingerprint density at radius 2 is 1.82 bits per heavy atom. The fourth-order valence-corrected chi connectivity index (χ4v) is 4.30. The Hall–Kier alpha value is -4.09. The van der Waals surface area contributed by atoms with Crippen LogP contribution in [0.1, 0.15) is 39.3 Å². The zero-order valence-corrected chi connectivity index (χ0v) is 24.0. The third-order valence-electron chi connectivity index (χ3n) is 6.63. The van der Waals surface area contributed by atoms with Crippen LogP contribution >= 0.6 is 0 Å². The number of rotatable bonds is 7. The summed E-state index contributed by atoms with van der Waals surface area (Å²) in [5.74, 6) is 1.96. The van der Waals surface area contributed by atoms with Crippen molar-refractivity contribution in [1.29, 1.82) is 0 Å². The number of carbonyl (C=O) groups excluding carboxylic acids is 1. The summed E-state index contributed by atoms with van der Waals surface area (Å²) in [4.78, 5) is 35.4. The lowest BCUT2D eigenvalue weighted by atomic mass is 10.1. The predicted octanol–water partition coefficient (Wildman–Crippen LogP) is 4.43. The first kappa shape index (κ1) is 28.9. The van der Waals surface area contributed by atoms with Crippen LogP contribution in [-0.4, -0.2) is 87.1 Å². The van der Waals surface area contributed by atoms with E-state index in [1.54, 1.807) is 7.11 Å². The molecule has 1 aliphatic rings.